The fraction of sp³-hybridized carbons (Fsp3) is 0.136. The van der Waals surface area contributed by atoms with Crippen molar-refractivity contribution in [1.82, 2.24) is 15.3 Å². The first kappa shape index (κ1) is 18.6. The highest BCUT2D eigenvalue weighted by molar-refractivity contribution is 5.97. The van der Waals surface area contributed by atoms with Gasteiger partial charge in [0.2, 0.25) is 0 Å². The number of H-pyrrole nitrogens is 2. The smallest absolute Gasteiger partial charge is 0.261 e. The summed E-state index contributed by atoms with van der Waals surface area (Å²) in [6.45, 7) is 2.17. The number of aromatic nitrogens is 2. The number of halogens is 1. The van der Waals surface area contributed by atoms with Crippen LogP contribution in [0, 0.1) is 12.7 Å². The lowest BCUT2D eigenvalue weighted by atomic mass is 10.1. The van der Waals surface area contributed by atoms with Crippen molar-refractivity contribution in [2.24, 2.45) is 0 Å². The van der Waals surface area contributed by atoms with E-state index >= 15 is 0 Å². The van der Waals surface area contributed by atoms with Gasteiger partial charge in [0.15, 0.2) is 0 Å². The van der Waals surface area contributed by atoms with E-state index in [0.717, 1.165) is 16.5 Å². The highest BCUT2D eigenvalue weighted by Crippen LogP contribution is 2.14. The normalized spacial score (nSPS) is 11.1. The van der Waals surface area contributed by atoms with Crippen LogP contribution in [0.15, 0.2) is 58.1 Å². The van der Waals surface area contributed by atoms with Crippen molar-refractivity contribution in [1.29, 1.82) is 0 Å². The van der Waals surface area contributed by atoms with E-state index in [0.29, 0.717) is 22.9 Å². The minimum absolute atomic E-state index is 0.0628. The molecule has 0 bridgehead atoms. The second-order valence-corrected chi connectivity index (χ2v) is 6.96. The van der Waals surface area contributed by atoms with Crippen molar-refractivity contribution >= 4 is 27.7 Å². The molecule has 2 aromatic carbocycles. The first-order valence-corrected chi connectivity index (χ1v) is 9.14. The molecule has 0 saturated carbocycles. The maximum atomic E-state index is 13.3. The van der Waals surface area contributed by atoms with Gasteiger partial charge in [0.05, 0.1) is 5.52 Å². The number of carbonyl (C=O) groups excluding carboxylic acids is 1. The summed E-state index contributed by atoms with van der Waals surface area (Å²) >= 11 is 0. The minimum atomic E-state index is -0.598. The Morgan fingerprint density at radius 3 is 2.55 bits per heavy atom. The predicted molar refractivity (Wildman–Crippen MR) is 110 cm³/mol. The second-order valence-electron chi connectivity index (χ2n) is 6.96. The Bertz CT molecular complexity index is 1370. The molecular weight excluding hydrogens is 373 g/mol. The van der Waals surface area contributed by atoms with Gasteiger partial charge in [0.1, 0.15) is 11.4 Å². The van der Waals surface area contributed by atoms with Gasteiger partial charge >= 0.3 is 0 Å². The Morgan fingerprint density at radius 1 is 0.931 bits per heavy atom. The molecule has 4 rings (SSSR count). The molecule has 29 heavy (non-hydrogen) atoms. The zero-order valence-electron chi connectivity index (χ0n) is 15.6. The van der Waals surface area contributed by atoms with Crippen LogP contribution in [0.1, 0.15) is 21.5 Å². The third kappa shape index (κ3) is 3.80. The van der Waals surface area contributed by atoms with Crippen molar-refractivity contribution < 1.29 is 9.18 Å². The van der Waals surface area contributed by atoms with Gasteiger partial charge in [-0.05, 0) is 66.6 Å². The van der Waals surface area contributed by atoms with Crippen LogP contribution in [-0.4, -0.2) is 22.4 Å². The third-order valence-corrected chi connectivity index (χ3v) is 4.81. The van der Waals surface area contributed by atoms with Crippen molar-refractivity contribution in [2.45, 2.75) is 13.3 Å². The van der Waals surface area contributed by atoms with Crippen LogP contribution in [0.3, 0.4) is 0 Å². The molecule has 0 unspecified atom stereocenters. The first-order valence-electron chi connectivity index (χ1n) is 9.14. The van der Waals surface area contributed by atoms with E-state index in [1.807, 2.05) is 31.2 Å². The van der Waals surface area contributed by atoms with Crippen LogP contribution in [-0.2, 0) is 6.42 Å². The third-order valence-electron chi connectivity index (χ3n) is 4.81. The molecule has 2 aromatic heterocycles. The van der Waals surface area contributed by atoms with E-state index in [9.17, 15) is 18.8 Å². The van der Waals surface area contributed by atoms with Gasteiger partial charge in [0, 0.05) is 17.6 Å². The molecule has 1 amide bonds. The van der Waals surface area contributed by atoms with Crippen molar-refractivity contribution in [3.8, 4) is 0 Å². The van der Waals surface area contributed by atoms with E-state index in [1.54, 1.807) is 0 Å². The van der Waals surface area contributed by atoms with Crippen LogP contribution in [0.2, 0.25) is 0 Å². The van der Waals surface area contributed by atoms with Crippen LogP contribution in [0.25, 0.3) is 21.8 Å². The number of carbonyl (C=O) groups is 1. The Balaban J connectivity index is 1.51. The lowest BCUT2D eigenvalue weighted by Gasteiger charge is -2.07. The Hall–Kier alpha value is -3.74. The zero-order valence-corrected chi connectivity index (χ0v) is 15.6. The van der Waals surface area contributed by atoms with E-state index in [4.69, 9.17) is 0 Å². The quantitative estimate of drug-likeness (QED) is 0.499. The lowest BCUT2D eigenvalue weighted by Crippen LogP contribution is -2.31. The molecule has 0 atom stereocenters. The van der Waals surface area contributed by atoms with Crippen LogP contribution in [0.4, 0.5) is 4.39 Å². The minimum Gasteiger partial charge on any atom is -0.352 e. The topological polar surface area (TPSA) is 94.8 Å². The van der Waals surface area contributed by atoms with Crippen molar-refractivity contribution in [2.75, 3.05) is 6.54 Å². The van der Waals surface area contributed by atoms with E-state index < -0.39 is 17.3 Å². The Kier molecular flexibility index (Phi) is 4.72. The molecule has 0 fully saturated rings. The monoisotopic (exact) mass is 391 g/mol. The molecule has 2 heterocycles. The lowest BCUT2D eigenvalue weighted by molar-refractivity contribution is 0.0953. The molecule has 0 aliphatic carbocycles. The average molecular weight is 391 g/mol. The molecular formula is C22H18FN3O3. The number of benzene rings is 2. The summed E-state index contributed by atoms with van der Waals surface area (Å²) in [6.07, 6.45) is 0.321. The molecule has 4 aromatic rings. The summed E-state index contributed by atoms with van der Waals surface area (Å²) in [6, 6.07) is 12.9. The highest BCUT2D eigenvalue weighted by Gasteiger charge is 2.12. The summed E-state index contributed by atoms with van der Waals surface area (Å²) in [5, 5.41) is 4.14. The molecule has 0 radical (unpaired) electrons. The summed E-state index contributed by atoms with van der Waals surface area (Å²) < 4.78 is 13.3. The van der Waals surface area contributed by atoms with Crippen molar-refractivity contribution in [3.63, 3.8) is 0 Å². The molecule has 6 nitrogen and oxygen atoms in total. The maximum Gasteiger partial charge on any atom is 0.261 e. The number of rotatable bonds is 4. The maximum absolute atomic E-state index is 13.3. The molecule has 0 spiro atoms. The van der Waals surface area contributed by atoms with Gasteiger partial charge in [-0.25, -0.2) is 4.39 Å². The standard InChI is InChI=1S/C22H18FN3O3/c1-12-2-5-18-15(8-12)9-14(20(27)25-18)6-7-24-21(28)17-10-13-3-4-16(23)11-19(13)26-22(17)29/h2-5,8-11H,6-7H2,1H3,(H,24,28)(H,25,27)(H,26,29). The number of aromatic amines is 2. The number of amides is 1. The second kappa shape index (κ2) is 7.35. The molecule has 3 N–H and O–H groups in total. The van der Waals surface area contributed by atoms with Gasteiger partial charge in [-0.15, -0.1) is 0 Å². The number of nitrogens with one attached hydrogen (secondary N) is 3. The van der Waals surface area contributed by atoms with Gasteiger partial charge < -0.3 is 15.3 Å². The Morgan fingerprint density at radius 2 is 1.72 bits per heavy atom. The van der Waals surface area contributed by atoms with Crippen LogP contribution in [0.5, 0.6) is 0 Å². The largest absolute Gasteiger partial charge is 0.352 e. The number of hydrogen-bond acceptors (Lipinski definition) is 3. The summed E-state index contributed by atoms with van der Waals surface area (Å²) in [7, 11) is 0. The SMILES string of the molecule is Cc1ccc2[nH]c(=O)c(CCNC(=O)c3cc4ccc(F)cc4[nH]c3=O)cc2c1. The summed E-state index contributed by atoms with van der Waals surface area (Å²) in [4.78, 5) is 42.2. The molecule has 7 heteroatoms. The number of aryl methyl sites for hydroxylation is 1. The summed E-state index contributed by atoms with van der Waals surface area (Å²) in [5.74, 6) is -1.02. The number of hydrogen-bond donors (Lipinski definition) is 3. The predicted octanol–water partition coefficient (Wildman–Crippen LogP) is 2.79. The fourth-order valence-electron chi connectivity index (χ4n) is 3.30. The highest BCUT2D eigenvalue weighted by atomic mass is 19.1. The average Bonchev–Trinajstić information content (AvgIpc) is 2.68. The molecule has 146 valence electrons. The molecule has 0 aliphatic rings. The number of fused-ring (bicyclic) bond motifs is 2. The van der Waals surface area contributed by atoms with Gasteiger partial charge in [-0.3, -0.25) is 14.4 Å². The van der Waals surface area contributed by atoms with E-state index in [1.165, 1.54) is 24.3 Å². The van der Waals surface area contributed by atoms with Gasteiger partial charge in [-0.2, -0.15) is 0 Å². The van der Waals surface area contributed by atoms with Gasteiger partial charge in [0.25, 0.3) is 17.0 Å². The van der Waals surface area contributed by atoms with Crippen LogP contribution < -0.4 is 16.4 Å². The first-order chi connectivity index (χ1) is 13.9. The fourth-order valence-corrected chi connectivity index (χ4v) is 3.30. The zero-order chi connectivity index (χ0) is 20.5. The van der Waals surface area contributed by atoms with E-state index in [-0.39, 0.29) is 17.7 Å². The summed E-state index contributed by atoms with van der Waals surface area (Å²) in [5.41, 5.74) is 1.84. The van der Waals surface area contributed by atoms with E-state index in [2.05, 4.69) is 15.3 Å². The molecule has 0 aliphatic heterocycles. The molecule has 0 saturated heterocycles. The van der Waals surface area contributed by atoms with Crippen molar-refractivity contribution in [3.05, 3.63) is 91.7 Å². The van der Waals surface area contributed by atoms with Crippen LogP contribution >= 0.6 is 0 Å². The van der Waals surface area contributed by atoms with Gasteiger partial charge in [-0.1, -0.05) is 11.6 Å². The number of pyridine rings is 2. The Labute approximate surface area is 164 Å².